The van der Waals surface area contributed by atoms with E-state index in [1.807, 2.05) is 0 Å². The van der Waals surface area contributed by atoms with Gasteiger partial charge >= 0.3 is 0 Å². The van der Waals surface area contributed by atoms with Crippen molar-refractivity contribution in [1.29, 1.82) is 0 Å². The van der Waals surface area contributed by atoms with Gasteiger partial charge in [-0.25, -0.2) is 0 Å². The Labute approximate surface area is 126 Å². The molecule has 0 aromatic carbocycles. The summed E-state index contributed by atoms with van der Waals surface area (Å²) in [4.78, 5) is 11.3. The molecule has 5 atom stereocenters. The van der Waals surface area contributed by atoms with Crippen LogP contribution in [-0.2, 0) is 9.53 Å². The summed E-state index contributed by atoms with van der Waals surface area (Å²) in [5, 5.41) is 23.2. The first kappa shape index (κ1) is 16.8. The number of hydrogen-bond donors (Lipinski definition) is 3. The van der Waals surface area contributed by atoms with Gasteiger partial charge < -0.3 is 20.3 Å². The quantitative estimate of drug-likeness (QED) is 0.664. The predicted molar refractivity (Wildman–Crippen MR) is 86.1 cm³/mol. The average Bonchev–Trinajstić information content (AvgIpc) is 2.64. The van der Waals surface area contributed by atoms with Crippen LogP contribution in [-0.4, -0.2) is 66.3 Å². The third-order valence-electron chi connectivity index (χ3n) is 4.24. The van der Waals surface area contributed by atoms with Gasteiger partial charge in [-0.1, -0.05) is 6.58 Å². The van der Waals surface area contributed by atoms with Crippen LogP contribution in [0.1, 0.15) is 19.3 Å². The van der Waals surface area contributed by atoms with E-state index >= 15 is 0 Å². The number of amides is 1. The Hall–Kier alpha value is -0.610. The van der Waals surface area contributed by atoms with Gasteiger partial charge in [-0.05, 0) is 32.3 Å². The molecule has 2 aliphatic rings. The number of hydrogen-bond acceptors (Lipinski definition) is 4. The molecule has 0 spiro atoms. The lowest BCUT2D eigenvalue weighted by atomic mass is 9.87. The van der Waals surface area contributed by atoms with Crippen molar-refractivity contribution >= 4 is 19.1 Å². The monoisotopic (exact) mass is 315 g/mol. The maximum atomic E-state index is 11.3. The SMILES string of the molecule is C=C1NC(=O)CCC1[C@@H]1O[C@H](CCP(=C)(C)C)[C@@H](O)[C@H]1O. The van der Waals surface area contributed by atoms with E-state index in [0.717, 1.165) is 6.16 Å². The van der Waals surface area contributed by atoms with E-state index in [4.69, 9.17) is 4.74 Å². The highest BCUT2D eigenvalue weighted by atomic mass is 31.2. The topological polar surface area (TPSA) is 78.8 Å². The Morgan fingerprint density at radius 2 is 2.05 bits per heavy atom. The molecule has 2 heterocycles. The van der Waals surface area contributed by atoms with Gasteiger partial charge in [0, 0.05) is 18.0 Å². The van der Waals surface area contributed by atoms with Crippen LogP contribution in [0.15, 0.2) is 12.3 Å². The fourth-order valence-electron chi connectivity index (χ4n) is 2.98. The highest BCUT2D eigenvalue weighted by molar-refractivity contribution is 7.72. The molecule has 0 bridgehead atoms. The molecule has 0 saturated carbocycles. The molecule has 2 aliphatic heterocycles. The molecule has 0 aromatic heterocycles. The summed E-state index contributed by atoms with van der Waals surface area (Å²) in [6.45, 7) is 6.95. The smallest absolute Gasteiger partial charge is 0.224 e. The summed E-state index contributed by atoms with van der Waals surface area (Å²) in [5.74, 6) is -0.190. The van der Waals surface area contributed by atoms with Gasteiger partial charge in [0.25, 0.3) is 0 Å². The summed E-state index contributed by atoms with van der Waals surface area (Å²) in [7, 11) is 0. The van der Waals surface area contributed by atoms with Gasteiger partial charge in [0.2, 0.25) is 5.91 Å². The van der Waals surface area contributed by atoms with Crippen molar-refractivity contribution in [2.24, 2.45) is 5.92 Å². The highest BCUT2D eigenvalue weighted by Gasteiger charge is 2.47. The van der Waals surface area contributed by atoms with Crippen LogP contribution in [0.4, 0.5) is 0 Å². The van der Waals surface area contributed by atoms with Crippen molar-refractivity contribution in [1.82, 2.24) is 5.32 Å². The molecular formula is C15H26NO4P. The zero-order chi connectivity index (χ0) is 15.8. The molecule has 1 unspecified atom stereocenters. The minimum Gasteiger partial charge on any atom is -0.388 e. The molecule has 5 nitrogen and oxygen atoms in total. The van der Waals surface area contributed by atoms with Crippen LogP contribution in [0.3, 0.4) is 0 Å². The van der Waals surface area contributed by atoms with Crippen LogP contribution in [0.2, 0.25) is 0 Å². The molecule has 120 valence electrons. The van der Waals surface area contributed by atoms with Gasteiger partial charge in [-0.15, -0.1) is 13.2 Å². The number of ether oxygens (including phenoxy) is 1. The van der Waals surface area contributed by atoms with E-state index in [0.29, 0.717) is 25.0 Å². The molecule has 1 amide bonds. The van der Waals surface area contributed by atoms with Crippen molar-refractivity contribution < 1.29 is 19.7 Å². The minimum absolute atomic E-state index is 0.0514. The number of carbonyl (C=O) groups excluding carboxylic acids is 1. The summed E-state index contributed by atoms with van der Waals surface area (Å²) < 4.78 is 5.90. The van der Waals surface area contributed by atoms with Crippen molar-refractivity contribution in [3.05, 3.63) is 12.3 Å². The Balaban J connectivity index is 2.01. The lowest BCUT2D eigenvalue weighted by Crippen LogP contribution is -2.43. The Morgan fingerprint density at radius 1 is 1.38 bits per heavy atom. The standard InChI is InChI=1S/C15H26NO4P/c1-9-10(5-6-12(17)16-9)15-14(19)13(18)11(20-15)7-8-21(2,3)4/h10-11,13-15,18-19H,1-2,5-8H2,3-4H3,(H,16,17)/t10?,11-,13-,14-,15+/m1/s1. The molecule has 21 heavy (non-hydrogen) atoms. The zero-order valence-electron chi connectivity index (χ0n) is 12.8. The number of nitrogens with one attached hydrogen (secondary N) is 1. The molecular weight excluding hydrogens is 289 g/mol. The zero-order valence-corrected chi connectivity index (χ0v) is 13.7. The van der Waals surface area contributed by atoms with E-state index in [-0.39, 0.29) is 17.9 Å². The van der Waals surface area contributed by atoms with Crippen LogP contribution < -0.4 is 5.32 Å². The van der Waals surface area contributed by atoms with Gasteiger partial charge in [0.1, 0.15) is 12.2 Å². The third kappa shape index (κ3) is 3.98. The number of aliphatic hydroxyl groups excluding tert-OH is 2. The largest absolute Gasteiger partial charge is 0.388 e. The number of aliphatic hydroxyl groups is 2. The molecule has 0 aromatic rings. The van der Waals surface area contributed by atoms with E-state index in [2.05, 4.69) is 31.5 Å². The fraction of sp³-hybridized carbons (Fsp3) is 0.733. The second kappa shape index (κ2) is 6.25. The van der Waals surface area contributed by atoms with Crippen molar-refractivity contribution in [3.8, 4) is 0 Å². The van der Waals surface area contributed by atoms with Gasteiger partial charge in [0.05, 0.1) is 12.2 Å². The highest BCUT2D eigenvalue weighted by Crippen LogP contribution is 2.40. The minimum atomic E-state index is -1.18. The Morgan fingerprint density at radius 3 is 2.62 bits per heavy atom. The van der Waals surface area contributed by atoms with Crippen LogP contribution >= 0.6 is 6.89 Å². The second-order valence-corrected chi connectivity index (χ2v) is 11.1. The lowest BCUT2D eigenvalue weighted by Gasteiger charge is -2.31. The number of carbonyl (C=O) groups is 1. The van der Waals surface area contributed by atoms with Crippen LogP contribution in [0, 0.1) is 5.92 Å². The summed E-state index contributed by atoms with van der Waals surface area (Å²) in [6.07, 6.45) is 4.09. The van der Waals surface area contributed by atoms with Crippen LogP contribution in [0.5, 0.6) is 0 Å². The van der Waals surface area contributed by atoms with E-state index in [9.17, 15) is 15.0 Å². The lowest BCUT2D eigenvalue weighted by molar-refractivity contribution is -0.123. The van der Waals surface area contributed by atoms with Gasteiger partial charge in [0.15, 0.2) is 0 Å². The van der Waals surface area contributed by atoms with Crippen molar-refractivity contribution in [2.75, 3.05) is 19.5 Å². The predicted octanol–water partition coefficient (Wildman–Crippen LogP) is 0.615. The molecule has 2 saturated heterocycles. The maximum absolute atomic E-state index is 11.3. The Bertz CT molecular complexity index is 472. The van der Waals surface area contributed by atoms with E-state index in [1.165, 1.54) is 0 Å². The normalized spacial score (nSPS) is 37.6. The number of rotatable bonds is 4. The fourth-order valence-corrected chi connectivity index (χ4v) is 3.94. The Kier molecular flexibility index (Phi) is 4.99. The average molecular weight is 315 g/mol. The molecule has 2 fully saturated rings. The molecule has 0 radical (unpaired) electrons. The number of piperidine rings is 1. The van der Waals surface area contributed by atoms with Crippen LogP contribution in [0.25, 0.3) is 0 Å². The summed E-state index contributed by atoms with van der Waals surface area (Å²) in [5.41, 5.74) is 0.577. The summed E-state index contributed by atoms with van der Waals surface area (Å²) >= 11 is 0. The second-order valence-electron chi connectivity index (χ2n) is 6.79. The summed E-state index contributed by atoms with van der Waals surface area (Å²) in [6, 6.07) is 0. The van der Waals surface area contributed by atoms with E-state index < -0.39 is 25.2 Å². The first-order valence-corrected chi connectivity index (χ1v) is 10.4. The molecule has 2 rings (SSSR count). The van der Waals surface area contributed by atoms with Gasteiger partial charge in [-0.3, -0.25) is 4.79 Å². The first-order chi connectivity index (χ1) is 9.69. The first-order valence-electron chi connectivity index (χ1n) is 7.36. The van der Waals surface area contributed by atoms with E-state index in [1.54, 1.807) is 0 Å². The third-order valence-corrected chi connectivity index (χ3v) is 5.71. The van der Waals surface area contributed by atoms with Crippen molar-refractivity contribution in [2.45, 2.75) is 43.7 Å². The molecule has 0 aliphatic carbocycles. The maximum Gasteiger partial charge on any atom is 0.224 e. The van der Waals surface area contributed by atoms with Gasteiger partial charge in [-0.2, -0.15) is 0 Å². The molecule has 3 N–H and O–H groups in total. The van der Waals surface area contributed by atoms with Crippen molar-refractivity contribution in [3.63, 3.8) is 0 Å². The molecule has 6 heteroatoms.